The quantitative estimate of drug-likeness (QED) is 0.109. The molecule has 0 bridgehead atoms. The normalized spacial score (nSPS) is 21.3. The number of likely N-dealkylation sites (tertiary alicyclic amines) is 2. The number of carbonyl (C=O) groups is 2. The minimum Gasteiger partial charge on any atom is -0.340 e. The Bertz CT molecular complexity index is 1940. The standard InChI is InChI=1S/C38H44FN6O2SSi/c1-22(2)24(5)34(46)44-17-7-9-31(44)33-40-21-30(41-33)27-14-12-25(13-15-27)10-11-26-19-28(39)32-29(20-26)42-35(43-32)38(48)16-8-18-45(38)36(47)37(6,49)23(3)4/h12-15,19-24,31,48H,7-9,16-18H2,1-6H3,(H,40,41)(H,42,43). The number of hydrogen-bond donors (Lipinski definition) is 3. The van der Waals surface area contributed by atoms with Crippen molar-refractivity contribution in [3.63, 3.8) is 0 Å². The third kappa shape index (κ3) is 6.57. The van der Waals surface area contributed by atoms with Crippen molar-refractivity contribution >= 4 is 45.7 Å². The van der Waals surface area contributed by atoms with Crippen molar-refractivity contribution < 1.29 is 14.0 Å². The van der Waals surface area contributed by atoms with Crippen LogP contribution < -0.4 is 0 Å². The lowest BCUT2D eigenvalue weighted by Crippen LogP contribution is -2.47. The first kappa shape index (κ1) is 35.0. The Morgan fingerprint density at radius 3 is 2.47 bits per heavy atom. The maximum atomic E-state index is 15.4. The Hall–Kier alpha value is -3.88. The van der Waals surface area contributed by atoms with Crippen LogP contribution in [0.25, 0.3) is 22.3 Å². The summed E-state index contributed by atoms with van der Waals surface area (Å²) in [6.07, 6.45) is 5.05. The lowest BCUT2D eigenvalue weighted by molar-refractivity contribution is -0.138. The van der Waals surface area contributed by atoms with E-state index in [-0.39, 0.29) is 41.1 Å². The third-order valence-electron chi connectivity index (χ3n) is 10.5. The van der Waals surface area contributed by atoms with E-state index < -0.39 is 15.7 Å². The number of imidazole rings is 2. The van der Waals surface area contributed by atoms with Crippen molar-refractivity contribution in [3.8, 4) is 23.1 Å². The molecule has 2 aromatic carbocycles. The van der Waals surface area contributed by atoms with Gasteiger partial charge in [0.25, 0.3) is 0 Å². The van der Waals surface area contributed by atoms with Gasteiger partial charge < -0.3 is 19.8 Å². The molecule has 255 valence electrons. The largest absolute Gasteiger partial charge is 0.340 e. The number of nitrogens with one attached hydrogen (secondary N) is 2. The number of hydrogen-bond acceptors (Lipinski definition) is 5. The molecule has 0 aliphatic carbocycles. The lowest BCUT2D eigenvalue weighted by atomic mass is 9.94. The molecule has 11 heteroatoms. The van der Waals surface area contributed by atoms with Crippen molar-refractivity contribution in [2.24, 2.45) is 17.8 Å². The summed E-state index contributed by atoms with van der Waals surface area (Å²) in [6, 6.07) is 10.9. The molecule has 4 atom stereocenters. The molecular formula is C38H44FN6O2SSi. The number of carbonyl (C=O) groups excluding carboxylic acids is 2. The number of nitrogens with zero attached hydrogens (tertiary/aromatic N) is 4. The summed E-state index contributed by atoms with van der Waals surface area (Å²) in [4.78, 5) is 45.4. The predicted molar refractivity (Wildman–Crippen MR) is 194 cm³/mol. The first-order valence-electron chi connectivity index (χ1n) is 17.2. The highest BCUT2D eigenvalue weighted by molar-refractivity contribution is 7.81. The molecular weight excluding hydrogens is 652 g/mol. The van der Waals surface area contributed by atoms with Crippen LogP contribution >= 0.6 is 12.6 Å². The smallest absolute Gasteiger partial charge is 0.226 e. The van der Waals surface area contributed by atoms with Crippen molar-refractivity contribution in [1.29, 1.82) is 0 Å². The number of halogens is 1. The maximum Gasteiger partial charge on any atom is 0.226 e. The van der Waals surface area contributed by atoms with Gasteiger partial charge in [0.15, 0.2) is 5.82 Å². The van der Waals surface area contributed by atoms with Crippen LogP contribution in [0.1, 0.15) is 96.0 Å². The molecule has 2 saturated heterocycles. The van der Waals surface area contributed by atoms with Crippen LogP contribution in [0.2, 0.25) is 5.04 Å². The average molecular weight is 696 g/mol. The van der Waals surface area contributed by atoms with Crippen molar-refractivity contribution in [2.45, 2.75) is 83.2 Å². The number of amides is 2. The van der Waals surface area contributed by atoms with Crippen LogP contribution in [-0.2, 0) is 14.5 Å². The Balaban J connectivity index is 1.18. The second-order valence-electron chi connectivity index (χ2n) is 14.4. The monoisotopic (exact) mass is 695 g/mol. The van der Waals surface area contributed by atoms with E-state index in [0.29, 0.717) is 29.9 Å². The van der Waals surface area contributed by atoms with Gasteiger partial charge in [-0.05, 0) is 67.3 Å². The first-order valence-corrected chi connectivity index (χ1v) is 18.1. The molecule has 2 aromatic heterocycles. The van der Waals surface area contributed by atoms with Gasteiger partial charge in [0, 0.05) is 45.4 Å². The molecule has 2 N–H and O–H groups in total. The predicted octanol–water partition coefficient (Wildman–Crippen LogP) is 7.16. The number of benzene rings is 2. The molecule has 2 aliphatic rings. The van der Waals surface area contributed by atoms with E-state index in [0.717, 1.165) is 48.5 Å². The summed E-state index contributed by atoms with van der Waals surface area (Å²) in [7, 11) is 3.70. The van der Waals surface area contributed by atoms with Crippen LogP contribution in [0, 0.1) is 35.4 Å². The van der Waals surface area contributed by atoms with Gasteiger partial charge in [-0.15, -0.1) is 12.6 Å². The van der Waals surface area contributed by atoms with Gasteiger partial charge in [-0.25, -0.2) is 14.4 Å². The zero-order valence-corrected chi connectivity index (χ0v) is 30.9. The van der Waals surface area contributed by atoms with Crippen LogP contribution in [0.4, 0.5) is 4.39 Å². The Morgan fingerprint density at radius 2 is 1.78 bits per heavy atom. The summed E-state index contributed by atoms with van der Waals surface area (Å²) in [5.74, 6) is 7.44. The topological polar surface area (TPSA) is 98.0 Å². The molecule has 6 rings (SSSR count). The van der Waals surface area contributed by atoms with Gasteiger partial charge in [-0.3, -0.25) is 9.59 Å². The summed E-state index contributed by atoms with van der Waals surface area (Å²) >= 11 is 4.97. The van der Waals surface area contributed by atoms with Crippen LogP contribution in [0.15, 0.2) is 42.6 Å². The molecule has 0 spiro atoms. The van der Waals surface area contributed by atoms with E-state index in [1.807, 2.05) is 63.1 Å². The summed E-state index contributed by atoms with van der Waals surface area (Å²) < 4.78 is 15.4. The van der Waals surface area contributed by atoms with Crippen LogP contribution in [0.5, 0.6) is 0 Å². The Morgan fingerprint density at radius 1 is 1.06 bits per heavy atom. The van der Waals surface area contributed by atoms with E-state index in [9.17, 15) is 9.59 Å². The molecule has 2 amide bonds. The van der Waals surface area contributed by atoms with Crippen molar-refractivity contribution in [2.75, 3.05) is 13.1 Å². The van der Waals surface area contributed by atoms with Gasteiger partial charge in [0.1, 0.15) is 22.0 Å². The zero-order valence-electron chi connectivity index (χ0n) is 29.0. The highest BCUT2D eigenvalue weighted by Crippen LogP contribution is 2.46. The molecule has 4 unspecified atom stereocenters. The van der Waals surface area contributed by atoms with E-state index in [4.69, 9.17) is 12.6 Å². The number of thiol groups is 1. The number of aromatic nitrogens is 4. The maximum absolute atomic E-state index is 15.4. The van der Waals surface area contributed by atoms with E-state index in [1.54, 1.807) is 11.0 Å². The highest BCUT2D eigenvalue weighted by atomic mass is 32.1. The fourth-order valence-corrected chi connectivity index (χ4v) is 7.17. The number of fused-ring (bicyclic) bond motifs is 1. The molecule has 0 saturated carbocycles. The molecule has 8 nitrogen and oxygen atoms in total. The van der Waals surface area contributed by atoms with Crippen LogP contribution in [-0.4, -0.2) is 64.9 Å². The SMILES string of the molecule is CC(C)C(C)C(=O)N1CCCC1c1ncc(-c2ccc(C#Cc3cc(F)c4nc(C5(S)CCCN5C(=O)C(C)([Si])C(C)C)[nH]c4c3)cc2)[nH]1. The Kier molecular flexibility index (Phi) is 9.59. The number of rotatable bonds is 7. The zero-order chi connectivity index (χ0) is 35.2. The van der Waals surface area contributed by atoms with Gasteiger partial charge in [0.05, 0.1) is 23.4 Å². The summed E-state index contributed by atoms with van der Waals surface area (Å²) in [5, 5.41) is -0.761. The van der Waals surface area contributed by atoms with Gasteiger partial charge in [-0.1, -0.05) is 65.5 Å². The van der Waals surface area contributed by atoms with Crippen molar-refractivity contribution in [1.82, 2.24) is 29.7 Å². The third-order valence-corrected chi connectivity index (χ3v) is 12.0. The fraction of sp³-hybridized carbons (Fsp3) is 0.474. The fourth-order valence-electron chi connectivity index (χ4n) is 6.58. The molecule has 2 fully saturated rings. The molecule has 2 aliphatic heterocycles. The van der Waals surface area contributed by atoms with Gasteiger partial charge in [-0.2, -0.15) is 0 Å². The Labute approximate surface area is 296 Å². The lowest BCUT2D eigenvalue weighted by Gasteiger charge is -2.39. The minimum absolute atomic E-state index is 0.0281. The van der Waals surface area contributed by atoms with E-state index in [2.05, 4.69) is 55.9 Å². The highest BCUT2D eigenvalue weighted by Gasteiger charge is 2.49. The first-order chi connectivity index (χ1) is 23.2. The molecule has 3 radical (unpaired) electrons. The van der Waals surface area contributed by atoms with E-state index >= 15 is 4.39 Å². The summed E-state index contributed by atoms with van der Waals surface area (Å²) in [5.41, 5.74) is 3.82. The molecule has 4 aromatic rings. The summed E-state index contributed by atoms with van der Waals surface area (Å²) in [6.45, 7) is 13.3. The molecule has 4 heterocycles. The second kappa shape index (κ2) is 13.4. The minimum atomic E-state index is -0.978. The molecule has 49 heavy (non-hydrogen) atoms. The van der Waals surface area contributed by atoms with Crippen LogP contribution in [0.3, 0.4) is 0 Å². The van der Waals surface area contributed by atoms with E-state index in [1.165, 1.54) is 6.07 Å². The van der Waals surface area contributed by atoms with Crippen molar-refractivity contribution in [3.05, 3.63) is 71.2 Å². The number of H-pyrrole nitrogens is 2. The average Bonchev–Trinajstić information content (AvgIpc) is 3.89. The van der Waals surface area contributed by atoms with Gasteiger partial charge in [0.2, 0.25) is 11.8 Å². The number of aromatic amines is 2. The second-order valence-corrected chi connectivity index (χ2v) is 16.2. The van der Waals surface area contributed by atoms with Gasteiger partial charge >= 0.3 is 0 Å².